The largest absolute Gasteiger partial charge is 0.496 e. The summed E-state index contributed by atoms with van der Waals surface area (Å²) in [5.74, 6) is -1.25. The van der Waals surface area contributed by atoms with E-state index >= 15 is 0 Å². The van der Waals surface area contributed by atoms with Crippen molar-refractivity contribution in [3.8, 4) is 5.75 Å². The van der Waals surface area contributed by atoms with Crippen LogP contribution in [0.15, 0.2) is 36.4 Å². The number of benzene rings is 2. The number of amides is 2. The van der Waals surface area contributed by atoms with Crippen molar-refractivity contribution in [1.82, 2.24) is 10.9 Å². The van der Waals surface area contributed by atoms with Crippen LogP contribution < -0.4 is 15.6 Å². The van der Waals surface area contributed by atoms with Crippen molar-refractivity contribution in [2.24, 2.45) is 0 Å². The molecule has 0 heterocycles. The maximum absolute atomic E-state index is 12.2. The van der Waals surface area contributed by atoms with E-state index in [1.54, 1.807) is 6.07 Å². The van der Waals surface area contributed by atoms with E-state index in [-0.39, 0.29) is 27.6 Å². The lowest BCUT2D eigenvalue weighted by atomic mass is 10.2. The van der Waals surface area contributed by atoms with E-state index in [1.807, 2.05) is 0 Å². The van der Waals surface area contributed by atoms with Gasteiger partial charge in [-0.3, -0.25) is 30.6 Å². The Balaban J connectivity index is 2.15. The molecule has 2 amide bonds. The molecule has 0 bridgehead atoms. The summed E-state index contributed by atoms with van der Waals surface area (Å²) in [6.45, 7) is 0. The van der Waals surface area contributed by atoms with Gasteiger partial charge in [-0.2, -0.15) is 0 Å². The number of hydrazine groups is 1. The lowest BCUT2D eigenvalue weighted by Gasteiger charge is -2.11. The number of halogens is 2. The molecule has 0 fully saturated rings. The highest BCUT2D eigenvalue weighted by Gasteiger charge is 2.18. The number of hydrogen-bond donors (Lipinski definition) is 2. The third kappa shape index (κ3) is 4.37. The molecule has 0 saturated carbocycles. The minimum absolute atomic E-state index is 0.00214. The molecular weight excluding hydrogens is 373 g/mol. The molecule has 25 heavy (non-hydrogen) atoms. The van der Waals surface area contributed by atoms with Gasteiger partial charge in [0, 0.05) is 17.2 Å². The van der Waals surface area contributed by atoms with E-state index in [9.17, 15) is 19.7 Å². The molecule has 2 N–H and O–H groups in total. The normalized spacial score (nSPS) is 10.0. The number of nitro benzene ring substituents is 1. The maximum Gasteiger partial charge on any atom is 0.273 e. The van der Waals surface area contributed by atoms with Gasteiger partial charge in [-0.25, -0.2) is 0 Å². The van der Waals surface area contributed by atoms with E-state index < -0.39 is 16.7 Å². The zero-order valence-electron chi connectivity index (χ0n) is 12.7. The van der Waals surface area contributed by atoms with E-state index in [0.29, 0.717) is 5.02 Å². The summed E-state index contributed by atoms with van der Waals surface area (Å²) in [5, 5.41) is 11.1. The van der Waals surface area contributed by atoms with Crippen LogP contribution in [0, 0.1) is 10.1 Å². The molecule has 0 aliphatic heterocycles. The fourth-order valence-corrected chi connectivity index (χ4v) is 2.28. The Morgan fingerprint density at radius 1 is 1.04 bits per heavy atom. The number of nitro groups is 1. The van der Waals surface area contributed by atoms with Crippen LogP contribution in [0.25, 0.3) is 0 Å². The Morgan fingerprint density at radius 2 is 1.68 bits per heavy atom. The number of nitrogens with zero attached hydrogens (tertiary/aromatic N) is 1. The van der Waals surface area contributed by atoms with Crippen LogP contribution in [-0.2, 0) is 0 Å². The highest BCUT2D eigenvalue weighted by atomic mass is 35.5. The first-order valence-electron chi connectivity index (χ1n) is 6.71. The number of carbonyl (C=O) groups excluding carboxylic acids is 2. The van der Waals surface area contributed by atoms with Crippen LogP contribution in [-0.4, -0.2) is 23.8 Å². The average Bonchev–Trinajstić information content (AvgIpc) is 2.59. The molecule has 0 aliphatic rings. The van der Waals surface area contributed by atoms with Crippen LogP contribution in [0.1, 0.15) is 20.7 Å². The summed E-state index contributed by atoms with van der Waals surface area (Å²) in [5.41, 5.74) is 3.93. The SMILES string of the molecule is COc1ccc(Cl)cc1C(=O)NNC(=O)c1cc([N+](=O)[O-])ccc1Cl. The van der Waals surface area contributed by atoms with Crippen molar-refractivity contribution < 1.29 is 19.2 Å². The van der Waals surface area contributed by atoms with E-state index in [4.69, 9.17) is 27.9 Å². The molecule has 0 aromatic heterocycles. The van der Waals surface area contributed by atoms with Crippen LogP contribution >= 0.6 is 23.2 Å². The van der Waals surface area contributed by atoms with Gasteiger partial charge in [0.25, 0.3) is 17.5 Å². The van der Waals surface area contributed by atoms with Crippen molar-refractivity contribution in [3.63, 3.8) is 0 Å². The molecule has 2 rings (SSSR count). The zero-order chi connectivity index (χ0) is 18.6. The minimum atomic E-state index is -0.817. The molecule has 10 heteroatoms. The van der Waals surface area contributed by atoms with Gasteiger partial charge in [0.15, 0.2) is 0 Å². The molecule has 0 atom stereocenters. The van der Waals surface area contributed by atoms with Crippen molar-refractivity contribution >= 4 is 40.7 Å². The topological polar surface area (TPSA) is 111 Å². The van der Waals surface area contributed by atoms with Crippen LogP contribution in [0.2, 0.25) is 10.0 Å². The van der Waals surface area contributed by atoms with Crippen molar-refractivity contribution in [2.75, 3.05) is 7.11 Å². The first kappa shape index (κ1) is 18.5. The number of methoxy groups -OCH3 is 1. The Kier molecular flexibility index (Phi) is 5.79. The first-order chi connectivity index (χ1) is 11.8. The summed E-state index contributed by atoms with van der Waals surface area (Å²) < 4.78 is 5.05. The summed E-state index contributed by atoms with van der Waals surface area (Å²) in [6, 6.07) is 7.78. The number of carbonyl (C=O) groups is 2. The fourth-order valence-electron chi connectivity index (χ4n) is 1.91. The van der Waals surface area contributed by atoms with Crippen molar-refractivity contribution in [2.45, 2.75) is 0 Å². The van der Waals surface area contributed by atoms with Gasteiger partial charge in [0.05, 0.1) is 28.2 Å². The molecule has 8 nitrogen and oxygen atoms in total. The molecule has 0 spiro atoms. The molecule has 2 aromatic carbocycles. The standard InChI is InChI=1S/C15H11Cl2N3O5/c1-25-13-5-2-8(16)6-11(13)15(22)19-18-14(21)10-7-9(20(23)24)3-4-12(10)17/h2-7H,1H3,(H,18,21)(H,19,22). The second-order valence-corrected chi connectivity index (χ2v) is 5.52. The lowest BCUT2D eigenvalue weighted by molar-refractivity contribution is -0.384. The molecule has 0 saturated heterocycles. The highest BCUT2D eigenvalue weighted by Crippen LogP contribution is 2.23. The second kappa shape index (κ2) is 7.82. The quantitative estimate of drug-likeness (QED) is 0.622. The monoisotopic (exact) mass is 383 g/mol. The third-order valence-corrected chi connectivity index (χ3v) is 3.67. The Bertz CT molecular complexity index is 857. The molecular formula is C15H11Cl2N3O5. The zero-order valence-corrected chi connectivity index (χ0v) is 14.2. The predicted octanol–water partition coefficient (Wildman–Crippen LogP) is 2.99. The predicted molar refractivity (Wildman–Crippen MR) is 91.0 cm³/mol. The molecule has 2 aromatic rings. The summed E-state index contributed by atoms with van der Waals surface area (Å²) in [7, 11) is 1.38. The summed E-state index contributed by atoms with van der Waals surface area (Å²) >= 11 is 11.7. The van der Waals surface area contributed by atoms with Crippen molar-refractivity contribution in [1.29, 1.82) is 0 Å². The smallest absolute Gasteiger partial charge is 0.273 e. The van der Waals surface area contributed by atoms with Crippen LogP contribution in [0.3, 0.4) is 0 Å². The van der Waals surface area contributed by atoms with Gasteiger partial charge < -0.3 is 4.74 Å². The molecule has 130 valence electrons. The van der Waals surface area contributed by atoms with Gasteiger partial charge in [-0.15, -0.1) is 0 Å². The van der Waals surface area contributed by atoms with Gasteiger partial charge in [0.1, 0.15) is 5.75 Å². The Hall–Kier alpha value is -2.84. The van der Waals surface area contributed by atoms with Gasteiger partial charge >= 0.3 is 0 Å². The molecule has 0 aliphatic carbocycles. The maximum atomic E-state index is 12.2. The first-order valence-corrected chi connectivity index (χ1v) is 7.47. The molecule has 0 radical (unpaired) electrons. The fraction of sp³-hybridized carbons (Fsp3) is 0.0667. The number of rotatable bonds is 4. The average molecular weight is 384 g/mol. The Morgan fingerprint density at radius 3 is 2.28 bits per heavy atom. The van der Waals surface area contributed by atoms with Gasteiger partial charge in [0.2, 0.25) is 0 Å². The van der Waals surface area contributed by atoms with E-state index in [1.165, 1.54) is 25.3 Å². The summed E-state index contributed by atoms with van der Waals surface area (Å²) in [4.78, 5) is 34.4. The van der Waals surface area contributed by atoms with Crippen molar-refractivity contribution in [3.05, 3.63) is 67.7 Å². The number of hydrogen-bond acceptors (Lipinski definition) is 5. The lowest BCUT2D eigenvalue weighted by Crippen LogP contribution is -2.41. The van der Waals surface area contributed by atoms with Crippen LogP contribution in [0.4, 0.5) is 5.69 Å². The Labute approximate surface area is 151 Å². The van der Waals surface area contributed by atoms with Gasteiger partial charge in [-0.1, -0.05) is 23.2 Å². The molecule has 0 unspecified atom stereocenters. The summed E-state index contributed by atoms with van der Waals surface area (Å²) in [6.07, 6.45) is 0. The number of nitrogens with one attached hydrogen (secondary N) is 2. The third-order valence-electron chi connectivity index (χ3n) is 3.10. The van der Waals surface area contributed by atoms with Crippen LogP contribution in [0.5, 0.6) is 5.75 Å². The van der Waals surface area contributed by atoms with Gasteiger partial charge in [-0.05, 0) is 24.3 Å². The number of non-ortho nitro benzene ring substituents is 1. The minimum Gasteiger partial charge on any atom is -0.496 e. The highest BCUT2D eigenvalue weighted by molar-refractivity contribution is 6.34. The van der Waals surface area contributed by atoms with E-state index in [0.717, 1.165) is 12.1 Å². The second-order valence-electron chi connectivity index (χ2n) is 4.67. The van der Waals surface area contributed by atoms with E-state index in [2.05, 4.69) is 10.9 Å². The number of ether oxygens (including phenoxy) is 1.